The van der Waals surface area contributed by atoms with Gasteiger partial charge in [-0.3, -0.25) is 4.79 Å². The summed E-state index contributed by atoms with van der Waals surface area (Å²) in [7, 11) is -4.51. The van der Waals surface area contributed by atoms with Crippen molar-refractivity contribution in [1.29, 1.82) is 0 Å². The SMILES string of the molecule is C=CC(=O)NC(CCCCCCCCCCC)S(=O)(=O)[O-].[Na+]. The van der Waals surface area contributed by atoms with Crippen LogP contribution in [0, 0.1) is 0 Å². The van der Waals surface area contributed by atoms with Crippen LogP contribution < -0.4 is 34.9 Å². The Morgan fingerprint density at radius 2 is 1.55 bits per heavy atom. The molecule has 5 nitrogen and oxygen atoms in total. The third-order valence-corrected chi connectivity index (χ3v) is 4.46. The van der Waals surface area contributed by atoms with Crippen LogP contribution in [0.4, 0.5) is 0 Å². The number of unbranched alkanes of at least 4 members (excludes halogenated alkanes) is 8. The monoisotopic (exact) mass is 341 g/mol. The van der Waals surface area contributed by atoms with Crippen molar-refractivity contribution >= 4 is 16.0 Å². The van der Waals surface area contributed by atoms with E-state index in [1.807, 2.05) is 0 Å². The molecule has 0 heterocycles. The van der Waals surface area contributed by atoms with Crippen LogP contribution in [-0.2, 0) is 14.9 Å². The predicted octanol–water partition coefficient (Wildman–Crippen LogP) is 0.0848. The number of hydrogen-bond donors (Lipinski definition) is 1. The van der Waals surface area contributed by atoms with Crippen LogP contribution in [0.3, 0.4) is 0 Å². The van der Waals surface area contributed by atoms with Gasteiger partial charge < -0.3 is 9.87 Å². The first-order chi connectivity index (χ1) is 9.91. The topological polar surface area (TPSA) is 86.3 Å². The van der Waals surface area contributed by atoms with Gasteiger partial charge in [0.05, 0.1) is 0 Å². The molecule has 0 bridgehead atoms. The van der Waals surface area contributed by atoms with E-state index in [4.69, 9.17) is 0 Å². The van der Waals surface area contributed by atoms with E-state index >= 15 is 0 Å². The Morgan fingerprint density at radius 3 is 1.95 bits per heavy atom. The molecule has 1 atom stereocenters. The zero-order valence-electron chi connectivity index (χ0n) is 14.0. The van der Waals surface area contributed by atoms with Crippen molar-refractivity contribution in [3.05, 3.63) is 12.7 Å². The second kappa shape index (κ2) is 14.7. The van der Waals surface area contributed by atoms with Gasteiger partial charge >= 0.3 is 29.6 Å². The van der Waals surface area contributed by atoms with E-state index in [9.17, 15) is 17.8 Å². The third kappa shape index (κ3) is 13.8. The summed E-state index contributed by atoms with van der Waals surface area (Å²) in [5, 5.41) is 0.834. The third-order valence-electron chi connectivity index (χ3n) is 3.41. The number of hydrogen-bond acceptors (Lipinski definition) is 4. The molecule has 0 aromatic rings. The molecule has 0 aliphatic rings. The molecule has 0 rings (SSSR count). The van der Waals surface area contributed by atoms with E-state index < -0.39 is 21.4 Å². The molecule has 1 N–H and O–H groups in total. The fraction of sp³-hybridized carbons (Fsp3) is 0.800. The Hall–Kier alpha value is 0.120. The van der Waals surface area contributed by atoms with E-state index in [1.165, 1.54) is 32.1 Å². The number of nitrogens with one attached hydrogen (secondary N) is 1. The van der Waals surface area contributed by atoms with Crippen molar-refractivity contribution < 1.29 is 47.3 Å². The van der Waals surface area contributed by atoms with Gasteiger partial charge in [0.25, 0.3) is 0 Å². The summed E-state index contributed by atoms with van der Waals surface area (Å²) in [4.78, 5) is 11.1. The van der Waals surface area contributed by atoms with E-state index in [-0.39, 0.29) is 36.0 Å². The van der Waals surface area contributed by atoms with Crippen molar-refractivity contribution in [2.45, 2.75) is 76.5 Å². The number of rotatable bonds is 13. The van der Waals surface area contributed by atoms with Gasteiger partial charge in [-0.2, -0.15) is 0 Å². The van der Waals surface area contributed by atoms with Gasteiger partial charge in [0.15, 0.2) is 0 Å². The van der Waals surface area contributed by atoms with Crippen molar-refractivity contribution in [1.82, 2.24) is 5.32 Å². The second-order valence-electron chi connectivity index (χ2n) is 5.31. The molecule has 1 unspecified atom stereocenters. The second-order valence-corrected chi connectivity index (χ2v) is 6.87. The molecule has 0 fully saturated rings. The van der Waals surface area contributed by atoms with Crippen molar-refractivity contribution in [2.24, 2.45) is 0 Å². The summed E-state index contributed by atoms with van der Waals surface area (Å²) in [6.07, 6.45) is 11.1. The molecule has 124 valence electrons. The minimum atomic E-state index is -4.51. The molecule has 0 aliphatic carbocycles. The van der Waals surface area contributed by atoms with Crippen LogP contribution in [0.1, 0.15) is 71.1 Å². The van der Waals surface area contributed by atoms with E-state index in [0.717, 1.165) is 25.3 Å². The predicted molar refractivity (Wildman–Crippen MR) is 83.7 cm³/mol. The minimum Gasteiger partial charge on any atom is -0.746 e. The average Bonchev–Trinajstić information content (AvgIpc) is 2.42. The van der Waals surface area contributed by atoms with E-state index in [2.05, 4.69) is 18.8 Å². The molecule has 22 heavy (non-hydrogen) atoms. The van der Waals surface area contributed by atoms with Crippen LogP contribution in [0.5, 0.6) is 0 Å². The molecule has 0 aromatic heterocycles. The molecule has 0 saturated heterocycles. The van der Waals surface area contributed by atoms with E-state index in [1.54, 1.807) is 0 Å². The molecule has 0 aliphatic heterocycles. The van der Waals surface area contributed by atoms with Gasteiger partial charge in [-0.25, -0.2) is 8.42 Å². The molecule has 0 spiro atoms. The zero-order chi connectivity index (χ0) is 16.1. The Bertz CT molecular complexity index is 398. The quantitative estimate of drug-likeness (QED) is 0.223. The summed E-state index contributed by atoms with van der Waals surface area (Å²) < 4.78 is 33.1. The Balaban J connectivity index is 0. The molecule has 0 radical (unpaired) electrons. The largest absolute Gasteiger partial charge is 1.00 e. The van der Waals surface area contributed by atoms with Crippen LogP contribution in [0.25, 0.3) is 0 Å². The minimum absolute atomic E-state index is 0. The zero-order valence-corrected chi connectivity index (χ0v) is 16.8. The number of amides is 1. The number of carbonyl (C=O) groups is 1. The normalized spacial score (nSPS) is 12.3. The van der Waals surface area contributed by atoms with Crippen molar-refractivity contribution in [3.63, 3.8) is 0 Å². The molecule has 0 saturated carbocycles. The maximum atomic E-state index is 11.1. The molecular formula is C15H28NNaO4S. The van der Waals surface area contributed by atoms with Gasteiger partial charge in [0.2, 0.25) is 5.91 Å². The van der Waals surface area contributed by atoms with Crippen LogP contribution in [0.2, 0.25) is 0 Å². The van der Waals surface area contributed by atoms with Crippen LogP contribution in [-0.4, -0.2) is 24.3 Å². The molecule has 0 aromatic carbocycles. The first kappa shape index (κ1) is 24.4. The Kier molecular flexibility index (Phi) is 16.3. The maximum absolute atomic E-state index is 11.1. The standard InChI is InChI=1S/C15H29NO4S.Na/c1-3-5-6-7-8-9-10-11-12-13-15(21(18,19)20)16-14(17)4-2;/h4,15H,2-3,5-13H2,1H3,(H,16,17)(H,18,19,20);/q;+1/p-1. The Labute approximate surface area is 157 Å². The van der Waals surface area contributed by atoms with E-state index in [0.29, 0.717) is 6.42 Å². The van der Waals surface area contributed by atoms with Crippen LogP contribution in [0.15, 0.2) is 12.7 Å². The van der Waals surface area contributed by atoms with Gasteiger partial charge in [0, 0.05) is 0 Å². The maximum Gasteiger partial charge on any atom is 1.00 e. The van der Waals surface area contributed by atoms with Crippen molar-refractivity contribution in [2.75, 3.05) is 0 Å². The fourth-order valence-corrected chi connectivity index (χ4v) is 2.86. The average molecular weight is 341 g/mol. The van der Waals surface area contributed by atoms with Gasteiger partial charge in [-0.1, -0.05) is 71.3 Å². The number of carbonyl (C=O) groups excluding carboxylic acids is 1. The van der Waals surface area contributed by atoms with Gasteiger partial charge in [-0.05, 0) is 12.5 Å². The molecular weight excluding hydrogens is 313 g/mol. The molecule has 1 amide bonds. The summed E-state index contributed by atoms with van der Waals surface area (Å²) in [6.45, 7) is 5.42. The Morgan fingerprint density at radius 1 is 1.09 bits per heavy atom. The summed E-state index contributed by atoms with van der Waals surface area (Å²) in [5.74, 6) is -0.629. The first-order valence-electron chi connectivity index (χ1n) is 7.79. The van der Waals surface area contributed by atoms with Crippen LogP contribution >= 0.6 is 0 Å². The fourth-order valence-electron chi connectivity index (χ4n) is 2.15. The van der Waals surface area contributed by atoms with Gasteiger partial charge in [0.1, 0.15) is 15.5 Å². The summed E-state index contributed by atoms with van der Waals surface area (Å²) in [6, 6.07) is 0. The van der Waals surface area contributed by atoms with Gasteiger partial charge in [-0.15, -0.1) is 0 Å². The summed E-state index contributed by atoms with van der Waals surface area (Å²) in [5.41, 5.74) is 0. The van der Waals surface area contributed by atoms with Crippen molar-refractivity contribution in [3.8, 4) is 0 Å². The summed E-state index contributed by atoms with van der Waals surface area (Å²) >= 11 is 0. The molecule has 7 heteroatoms. The first-order valence-corrected chi connectivity index (χ1v) is 9.26. The smallest absolute Gasteiger partial charge is 0.746 e.